The number of amides is 1. The van der Waals surface area contributed by atoms with Crippen molar-refractivity contribution in [2.24, 2.45) is 0 Å². The lowest BCUT2D eigenvalue weighted by molar-refractivity contribution is -0.113. The van der Waals surface area contributed by atoms with Crippen LogP contribution in [0.15, 0.2) is 72.6 Å². The molecule has 0 atom stereocenters. The summed E-state index contributed by atoms with van der Waals surface area (Å²) in [4.78, 5) is 19.8. The minimum Gasteiger partial charge on any atom is -0.493 e. The van der Waals surface area contributed by atoms with Crippen molar-refractivity contribution in [2.75, 3.05) is 31.7 Å². The average molecular weight is 484 g/mol. The van der Waals surface area contributed by atoms with E-state index in [9.17, 15) is 4.79 Å². The minimum atomic E-state index is -0.0918. The van der Waals surface area contributed by atoms with E-state index in [0.29, 0.717) is 24.6 Å². The van der Waals surface area contributed by atoms with Crippen molar-refractivity contribution in [3.63, 3.8) is 0 Å². The van der Waals surface area contributed by atoms with Crippen LogP contribution in [0.2, 0.25) is 0 Å². The Labute approximate surface area is 213 Å². The number of ether oxygens (including phenoxy) is 2. The van der Waals surface area contributed by atoms with Crippen LogP contribution >= 0.6 is 0 Å². The van der Waals surface area contributed by atoms with Gasteiger partial charge in [-0.2, -0.15) is 0 Å². The van der Waals surface area contributed by atoms with Gasteiger partial charge in [0.15, 0.2) is 0 Å². The fraction of sp³-hybridized carbons (Fsp3) is 0.333. The number of hydrogen-bond acceptors (Lipinski definition) is 5. The number of nitrogens with one attached hydrogen (secondary N) is 1. The number of fused-ring (bicyclic) bond motifs is 1. The molecule has 3 aromatic rings. The van der Waals surface area contributed by atoms with Gasteiger partial charge >= 0.3 is 0 Å². The van der Waals surface area contributed by atoms with E-state index >= 15 is 0 Å². The molecule has 2 aliphatic heterocycles. The molecule has 6 nitrogen and oxygen atoms in total. The molecular formula is C30H33N3O3. The molecule has 3 heterocycles. The van der Waals surface area contributed by atoms with Gasteiger partial charge in [-0.3, -0.25) is 14.7 Å². The average Bonchev–Trinajstić information content (AvgIpc) is 3.16. The van der Waals surface area contributed by atoms with Crippen molar-refractivity contribution < 1.29 is 14.3 Å². The predicted octanol–water partition coefficient (Wildman–Crippen LogP) is 5.55. The molecule has 1 fully saturated rings. The SMILES string of the molecule is CCN(Cc1ccc(NC(=O)C2=Cc3cc(-c4ccncc4)ccc3OCC2)cc1)C1CCOCC1. The van der Waals surface area contributed by atoms with Crippen LogP contribution in [0.25, 0.3) is 17.2 Å². The van der Waals surface area contributed by atoms with Gasteiger partial charge in [-0.05, 0) is 78.6 Å². The Balaban J connectivity index is 1.26. The largest absolute Gasteiger partial charge is 0.493 e. The number of benzene rings is 2. The summed E-state index contributed by atoms with van der Waals surface area (Å²) in [6.07, 6.45) is 8.25. The second-order valence-electron chi connectivity index (χ2n) is 9.31. The maximum atomic E-state index is 13.1. The normalized spacial score (nSPS) is 16.0. The van der Waals surface area contributed by atoms with Crippen molar-refractivity contribution in [1.29, 1.82) is 0 Å². The Morgan fingerprint density at radius 2 is 1.78 bits per heavy atom. The van der Waals surface area contributed by atoms with Crippen molar-refractivity contribution >= 4 is 17.7 Å². The summed E-state index contributed by atoms with van der Waals surface area (Å²) in [5.41, 5.74) is 5.82. The van der Waals surface area contributed by atoms with Crippen LogP contribution < -0.4 is 10.1 Å². The second-order valence-corrected chi connectivity index (χ2v) is 9.31. The first kappa shape index (κ1) is 24.2. The first-order valence-corrected chi connectivity index (χ1v) is 12.8. The maximum absolute atomic E-state index is 13.1. The van der Waals surface area contributed by atoms with E-state index in [4.69, 9.17) is 9.47 Å². The van der Waals surface area contributed by atoms with Gasteiger partial charge in [-0.25, -0.2) is 0 Å². The maximum Gasteiger partial charge on any atom is 0.251 e. The molecule has 2 aliphatic rings. The molecule has 0 aliphatic carbocycles. The molecule has 1 N–H and O–H groups in total. The molecule has 2 aromatic carbocycles. The highest BCUT2D eigenvalue weighted by molar-refractivity contribution is 6.07. The molecule has 36 heavy (non-hydrogen) atoms. The van der Waals surface area contributed by atoms with Crippen molar-refractivity contribution in [2.45, 2.75) is 38.8 Å². The fourth-order valence-electron chi connectivity index (χ4n) is 4.92. The molecule has 6 heteroatoms. The van der Waals surface area contributed by atoms with Gasteiger partial charge in [0.25, 0.3) is 5.91 Å². The van der Waals surface area contributed by atoms with Crippen molar-refractivity contribution in [3.8, 4) is 16.9 Å². The number of aromatic nitrogens is 1. The first-order valence-electron chi connectivity index (χ1n) is 12.8. The van der Waals surface area contributed by atoms with Gasteiger partial charge in [-0.15, -0.1) is 0 Å². The monoisotopic (exact) mass is 483 g/mol. The van der Waals surface area contributed by atoms with Crippen molar-refractivity contribution in [3.05, 3.63) is 83.7 Å². The van der Waals surface area contributed by atoms with Gasteiger partial charge in [0.2, 0.25) is 0 Å². The number of anilines is 1. The molecule has 0 bridgehead atoms. The van der Waals surface area contributed by atoms with Crippen LogP contribution in [0.4, 0.5) is 5.69 Å². The number of rotatable bonds is 7. The Hall–Kier alpha value is -3.48. The van der Waals surface area contributed by atoms with Crippen LogP contribution in [0, 0.1) is 0 Å². The van der Waals surface area contributed by atoms with Crippen LogP contribution in [-0.2, 0) is 16.1 Å². The number of pyridine rings is 1. The summed E-state index contributed by atoms with van der Waals surface area (Å²) >= 11 is 0. The quantitative estimate of drug-likeness (QED) is 0.477. The number of nitrogens with zero attached hydrogens (tertiary/aromatic N) is 2. The summed E-state index contributed by atoms with van der Waals surface area (Å²) in [5.74, 6) is 0.705. The Kier molecular flexibility index (Phi) is 7.74. The fourth-order valence-corrected chi connectivity index (χ4v) is 4.92. The molecule has 0 spiro atoms. The van der Waals surface area contributed by atoms with E-state index in [1.54, 1.807) is 12.4 Å². The number of carbonyl (C=O) groups is 1. The predicted molar refractivity (Wildman–Crippen MR) is 143 cm³/mol. The first-order chi connectivity index (χ1) is 17.7. The van der Waals surface area contributed by atoms with Gasteiger partial charge < -0.3 is 14.8 Å². The van der Waals surface area contributed by atoms with Gasteiger partial charge in [0.1, 0.15) is 5.75 Å². The molecule has 0 saturated carbocycles. The van der Waals surface area contributed by atoms with Gasteiger partial charge in [0.05, 0.1) is 6.61 Å². The summed E-state index contributed by atoms with van der Waals surface area (Å²) in [6.45, 7) is 6.31. The highest BCUT2D eigenvalue weighted by atomic mass is 16.5. The summed E-state index contributed by atoms with van der Waals surface area (Å²) in [7, 11) is 0. The summed E-state index contributed by atoms with van der Waals surface area (Å²) < 4.78 is 11.4. The van der Waals surface area contributed by atoms with Gasteiger partial charge in [-0.1, -0.05) is 25.1 Å². The third-order valence-corrected chi connectivity index (χ3v) is 6.98. The minimum absolute atomic E-state index is 0.0918. The second kappa shape index (κ2) is 11.5. The summed E-state index contributed by atoms with van der Waals surface area (Å²) in [6, 6.07) is 18.8. The lowest BCUT2D eigenvalue weighted by Crippen LogP contribution is -2.38. The zero-order valence-corrected chi connectivity index (χ0v) is 20.8. The topological polar surface area (TPSA) is 63.7 Å². The van der Waals surface area contributed by atoms with E-state index in [1.807, 2.05) is 42.5 Å². The molecule has 1 amide bonds. The molecule has 0 unspecified atom stereocenters. The van der Waals surface area contributed by atoms with E-state index < -0.39 is 0 Å². The molecule has 186 valence electrons. The van der Waals surface area contributed by atoms with E-state index in [2.05, 4.69) is 40.3 Å². The Morgan fingerprint density at radius 1 is 1.00 bits per heavy atom. The lowest BCUT2D eigenvalue weighted by Gasteiger charge is -2.33. The number of hydrogen-bond donors (Lipinski definition) is 1. The highest BCUT2D eigenvalue weighted by Gasteiger charge is 2.20. The van der Waals surface area contributed by atoms with Crippen LogP contribution in [0.1, 0.15) is 37.3 Å². The highest BCUT2D eigenvalue weighted by Crippen LogP contribution is 2.31. The number of carbonyl (C=O) groups excluding carboxylic acids is 1. The lowest BCUT2D eigenvalue weighted by atomic mass is 10.0. The molecular weight excluding hydrogens is 450 g/mol. The smallest absolute Gasteiger partial charge is 0.251 e. The van der Waals surface area contributed by atoms with E-state index in [1.165, 1.54) is 5.56 Å². The van der Waals surface area contributed by atoms with Crippen LogP contribution in [-0.4, -0.2) is 48.2 Å². The molecule has 5 rings (SSSR count). The van der Waals surface area contributed by atoms with Gasteiger partial charge in [0, 0.05) is 61.4 Å². The van der Waals surface area contributed by atoms with E-state index in [-0.39, 0.29) is 5.91 Å². The molecule has 1 saturated heterocycles. The standard InChI is InChI=1S/C30H33N3O3/c1-2-33(28-12-16-35-17-13-28)21-22-3-6-27(7-4-22)32-30(34)25-11-18-36-29-8-5-24(19-26(29)20-25)23-9-14-31-15-10-23/h3-10,14-15,19-20,28H,2,11-13,16-18,21H2,1H3,(H,32,34). The molecule has 1 aromatic heterocycles. The zero-order chi connectivity index (χ0) is 24.7. The third-order valence-electron chi connectivity index (χ3n) is 6.98. The molecule has 0 radical (unpaired) electrons. The Bertz CT molecular complexity index is 1200. The third kappa shape index (κ3) is 5.83. The van der Waals surface area contributed by atoms with Crippen LogP contribution in [0.3, 0.4) is 0 Å². The van der Waals surface area contributed by atoms with Crippen LogP contribution in [0.5, 0.6) is 5.75 Å². The summed E-state index contributed by atoms with van der Waals surface area (Å²) in [5, 5.41) is 3.07. The Morgan fingerprint density at radius 3 is 2.53 bits per heavy atom. The zero-order valence-electron chi connectivity index (χ0n) is 20.8. The van der Waals surface area contributed by atoms with E-state index in [0.717, 1.165) is 67.3 Å². The van der Waals surface area contributed by atoms with Crippen molar-refractivity contribution in [1.82, 2.24) is 9.88 Å².